The number of thioether (sulfide) groups is 1. The lowest BCUT2D eigenvalue weighted by Gasteiger charge is -2.08. The van der Waals surface area contributed by atoms with E-state index in [4.69, 9.17) is 0 Å². The Labute approximate surface area is 159 Å². The van der Waals surface area contributed by atoms with Crippen LogP contribution in [0.1, 0.15) is 22.3 Å². The zero-order valence-corrected chi connectivity index (χ0v) is 15.2. The number of amides is 1. The first-order valence-corrected chi connectivity index (χ1v) is 9.22. The summed E-state index contributed by atoms with van der Waals surface area (Å²) in [5, 5.41) is 2.78. The fraction of sp³-hybridized carbons (Fsp3) is 0.316. The Kier molecular flexibility index (Phi) is 8.12. The number of carbonyl (C=O) groups is 1. The van der Waals surface area contributed by atoms with Crippen LogP contribution in [0.5, 0.6) is 0 Å². The average molecular weight is 401 g/mol. The van der Waals surface area contributed by atoms with Gasteiger partial charge in [0.05, 0.1) is 6.61 Å². The van der Waals surface area contributed by atoms with Crippen molar-refractivity contribution < 1.29 is 27.1 Å². The molecule has 2 rings (SSSR count). The van der Waals surface area contributed by atoms with Gasteiger partial charge in [0.25, 0.3) is 5.91 Å². The van der Waals surface area contributed by atoms with Gasteiger partial charge in [-0.15, -0.1) is 11.8 Å². The van der Waals surface area contributed by atoms with Crippen molar-refractivity contribution in [2.24, 2.45) is 0 Å². The van der Waals surface area contributed by atoms with E-state index in [2.05, 4.69) is 10.1 Å². The van der Waals surface area contributed by atoms with Crippen molar-refractivity contribution in [3.63, 3.8) is 0 Å². The third kappa shape index (κ3) is 8.45. The van der Waals surface area contributed by atoms with E-state index in [1.165, 1.54) is 12.1 Å². The lowest BCUT2D eigenvalue weighted by molar-refractivity contribution is -0.176. The number of ether oxygens (including phenoxy) is 1. The maximum atomic E-state index is 12.8. The molecular formula is C19H19F4NO2S. The van der Waals surface area contributed by atoms with Gasteiger partial charge in [-0.25, -0.2) is 4.39 Å². The molecule has 1 N–H and O–H groups in total. The Morgan fingerprint density at radius 2 is 1.70 bits per heavy atom. The molecular weight excluding hydrogens is 382 g/mol. The third-order valence-electron chi connectivity index (χ3n) is 3.44. The van der Waals surface area contributed by atoms with E-state index in [9.17, 15) is 22.4 Å². The van der Waals surface area contributed by atoms with E-state index in [-0.39, 0.29) is 18.3 Å². The van der Waals surface area contributed by atoms with E-state index in [0.717, 1.165) is 17.1 Å². The van der Waals surface area contributed by atoms with Crippen LogP contribution in [0.15, 0.2) is 53.4 Å². The predicted octanol–water partition coefficient (Wildman–Crippen LogP) is 4.82. The number of hydrogen-bond donors (Lipinski definition) is 1. The quantitative estimate of drug-likeness (QED) is 0.372. The number of halogens is 4. The van der Waals surface area contributed by atoms with Crippen LogP contribution in [0, 0.1) is 5.82 Å². The number of nitrogens with one attached hydrogen (secondary N) is 1. The highest BCUT2D eigenvalue weighted by Crippen LogP contribution is 2.18. The van der Waals surface area contributed by atoms with Crippen molar-refractivity contribution in [1.29, 1.82) is 0 Å². The fourth-order valence-electron chi connectivity index (χ4n) is 2.13. The lowest BCUT2D eigenvalue weighted by Crippen LogP contribution is -2.24. The molecule has 0 fully saturated rings. The summed E-state index contributed by atoms with van der Waals surface area (Å²) < 4.78 is 53.4. The van der Waals surface area contributed by atoms with Crippen LogP contribution in [0.2, 0.25) is 0 Å². The van der Waals surface area contributed by atoms with Crippen molar-refractivity contribution in [2.45, 2.75) is 24.1 Å². The maximum absolute atomic E-state index is 12.8. The maximum Gasteiger partial charge on any atom is 0.411 e. The van der Waals surface area contributed by atoms with Crippen LogP contribution in [0.25, 0.3) is 0 Å². The second kappa shape index (κ2) is 10.3. The van der Waals surface area contributed by atoms with Gasteiger partial charge in [0.2, 0.25) is 0 Å². The van der Waals surface area contributed by atoms with Gasteiger partial charge in [-0.05, 0) is 54.1 Å². The summed E-state index contributed by atoms with van der Waals surface area (Å²) in [6, 6.07) is 12.5. The standard InChI is InChI=1S/C19H19F4NO2S/c20-16-6-8-17(9-7-16)27-11-1-10-24-18(25)15-4-2-14(3-5-15)12-26-13-19(21,22)23/h2-9H,1,10-13H2,(H,24,25). The van der Waals surface area contributed by atoms with Crippen LogP contribution in [-0.4, -0.2) is 31.0 Å². The monoisotopic (exact) mass is 401 g/mol. The largest absolute Gasteiger partial charge is 0.411 e. The minimum Gasteiger partial charge on any atom is -0.367 e. The SMILES string of the molecule is O=C(NCCCSc1ccc(F)cc1)c1ccc(COCC(F)(F)F)cc1. The summed E-state index contributed by atoms with van der Waals surface area (Å²) in [6.45, 7) is -0.976. The van der Waals surface area contributed by atoms with Gasteiger partial charge in [0.15, 0.2) is 0 Å². The molecule has 0 atom stereocenters. The molecule has 146 valence electrons. The Balaban J connectivity index is 1.65. The first kappa shape index (κ1) is 21.2. The van der Waals surface area contributed by atoms with Gasteiger partial charge in [-0.1, -0.05) is 12.1 Å². The minimum atomic E-state index is -4.35. The van der Waals surface area contributed by atoms with Crippen molar-refractivity contribution in [3.05, 3.63) is 65.5 Å². The molecule has 0 aliphatic carbocycles. The third-order valence-corrected chi connectivity index (χ3v) is 4.54. The van der Waals surface area contributed by atoms with Crippen LogP contribution < -0.4 is 5.32 Å². The van der Waals surface area contributed by atoms with Gasteiger partial charge in [-0.2, -0.15) is 13.2 Å². The van der Waals surface area contributed by atoms with Crippen LogP contribution in [0.3, 0.4) is 0 Å². The molecule has 8 heteroatoms. The van der Waals surface area contributed by atoms with Crippen LogP contribution in [-0.2, 0) is 11.3 Å². The summed E-state index contributed by atoms with van der Waals surface area (Å²) in [6.07, 6.45) is -3.61. The Hall–Kier alpha value is -2.06. The molecule has 0 aliphatic rings. The number of hydrogen-bond acceptors (Lipinski definition) is 3. The number of rotatable bonds is 9. The molecule has 2 aromatic rings. The zero-order chi connectivity index (χ0) is 19.7. The summed E-state index contributed by atoms with van der Waals surface area (Å²) >= 11 is 1.58. The molecule has 1 amide bonds. The van der Waals surface area contributed by atoms with E-state index < -0.39 is 12.8 Å². The summed E-state index contributed by atoms with van der Waals surface area (Å²) in [7, 11) is 0. The van der Waals surface area contributed by atoms with Crippen molar-refractivity contribution in [2.75, 3.05) is 18.9 Å². The zero-order valence-electron chi connectivity index (χ0n) is 14.4. The van der Waals surface area contributed by atoms with E-state index in [1.807, 2.05) is 0 Å². The van der Waals surface area contributed by atoms with Gasteiger partial charge in [-0.3, -0.25) is 4.79 Å². The Morgan fingerprint density at radius 3 is 2.33 bits per heavy atom. The molecule has 0 spiro atoms. The molecule has 0 aromatic heterocycles. The highest BCUT2D eigenvalue weighted by molar-refractivity contribution is 7.99. The molecule has 27 heavy (non-hydrogen) atoms. The molecule has 0 saturated heterocycles. The van der Waals surface area contributed by atoms with Crippen LogP contribution >= 0.6 is 11.8 Å². The summed E-state index contributed by atoms with van der Waals surface area (Å²) in [5.74, 6) is 0.260. The molecule has 0 saturated carbocycles. The van der Waals surface area contributed by atoms with E-state index in [0.29, 0.717) is 17.7 Å². The highest BCUT2D eigenvalue weighted by atomic mass is 32.2. The van der Waals surface area contributed by atoms with Gasteiger partial charge in [0.1, 0.15) is 12.4 Å². The Bertz CT molecular complexity index is 718. The smallest absolute Gasteiger partial charge is 0.367 e. The molecule has 0 radical (unpaired) electrons. The number of carbonyl (C=O) groups excluding carboxylic acids is 1. The molecule has 0 unspecified atom stereocenters. The lowest BCUT2D eigenvalue weighted by atomic mass is 10.1. The second-order valence-corrected chi connectivity index (χ2v) is 6.89. The molecule has 0 aliphatic heterocycles. The average Bonchev–Trinajstić information content (AvgIpc) is 2.62. The number of alkyl halides is 3. The number of benzene rings is 2. The van der Waals surface area contributed by atoms with Gasteiger partial charge in [0, 0.05) is 17.0 Å². The highest BCUT2D eigenvalue weighted by Gasteiger charge is 2.27. The summed E-state index contributed by atoms with van der Waals surface area (Å²) in [5.41, 5.74) is 0.993. The molecule has 0 bridgehead atoms. The predicted molar refractivity (Wildman–Crippen MR) is 96.2 cm³/mol. The van der Waals surface area contributed by atoms with E-state index in [1.54, 1.807) is 48.2 Å². The van der Waals surface area contributed by atoms with Crippen molar-refractivity contribution in [1.82, 2.24) is 5.32 Å². The minimum absolute atomic E-state index is 0.165. The van der Waals surface area contributed by atoms with Gasteiger partial charge >= 0.3 is 6.18 Å². The first-order chi connectivity index (χ1) is 12.8. The first-order valence-electron chi connectivity index (χ1n) is 8.23. The van der Waals surface area contributed by atoms with Crippen LogP contribution in [0.4, 0.5) is 17.6 Å². The van der Waals surface area contributed by atoms with Crippen molar-refractivity contribution >= 4 is 17.7 Å². The van der Waals surface area contributed by atoms with Crippen molar-refractivity contribution in [3.8, 4) is 0 Å². The molecule has 0 heterocycles. The molecule has 3 nitrogen and oxygen atoms in total. The topological polar surface area (TPSA) is 38.3 Å². The summed E-state index contributed by atoms with van der Waals surface area (Å²) in [4.78, 5) is 13.0. The second-order valence-electron chi connectivity index (χ2n) is 5.72. The molecule has 2 aromatic carbocycles. The normalized spacial score (nSPS) is 11.4. The fourth-order valence-corrected chi connectivity index (χ4v) is 2.99. The van der Waals surface area contributed by atoms with Gasteiger partial charge < -0.3 is 10.1 Å². The van der Waals surface area contributed by atoms with E-state index >= 15 is 0 Å². The Morgan fingerprint density at radius 1 is 1.04 bits per heavy atom.